The van der Waals surface area contributed by atoms with Crippen molar-refractivity contribution < 1.29 is 19.4 Å². The zero-order chi connectivity index (χ0) is 13.8. The van der Waals surface area contributed by atoms with E-state index in [1.165, 1.54) is 0 Å². The molecule has 2 unspecified atom stereocenters. The molecule has 1 amide bonds. The highest BCUT2D eigenvalue weighted by molar-refractivity contribution is 5.84. The third-order valence-corrected chi connectivity index (χ3v) is 3.66. The zero-order valence-corrected chi connectivity index (χ0v) is 11.4. The van der Waals surface area contributed by atoms with E-state index in [1.54, 1.807) is 7.11 Å². The lowest BCUT2D eigenvalue weighted by atomic mass is 9.78. The van der Waals surface area contributed by atoms with Crippen LogP contribution in [0.15, 0.2) is 0 Å². The van der Waals surface area contributed by atoms with Gasteiger partial charge in [-0.15, -0.1) is 0 Å². The normalized spacial score (nSPS) is 24.6. The monoisotopic (exact) mass is 257 g/mol. The van der Waals surface area contributed by atoms with Gasteiger partial charge in [0.2, 0.25) is 5.91 Å². The van der Waals surface area contributed by atoms with Crippen LogP contribution in [0.25, 0.3) is 0 Å². The van der Waals surface area contributed by atoms with Crippen molar-refractivity contribution in [2.24, 2.45) is 11.8 Å². The van der Waals surface area contributed by atoms with E-state index >= 15 is 0 Å². The number of carboxylic acid groups (broad SMARTS) is 1. The molecule has 18 heavy (non-hydrogen) atoms. The molecule has 5 heteroatoms. The first-order valence-corrected chi connectivity index (χ1v) is 6.43. The van der Waals surface area contributed by atoms with Gasteiger partial charge in [0.05, 0.1) is 17.4 Å². The zero-order valence-electron chi connectivity index (χ0n) is 11.4. The fourth-order valence-electron chi connectivity index (χ4n) is 2.24. The quantitative estimate of drug-likeness (QED) is 0.781. The van der Waals surface area contributed by atoms with Gasteiger partial charge in [-0.05, 0) is 26.7 Å². The van der Waals surface area contributed by atoms with Crippen molar-refractivity contribution in [2.75, 3.05) is 13.7 Å². The largest absolute Gasteiger partial charge is 0.481 e. The van der Waals surface area contributed by atoms with Gasteiger partial charge < -0.3 is 15.2 Å². The summed E-state index contributed by atoms with van der Waals surface area (Å²) in [5.74, 6) is -1.96. The number of carbonyl (C=O) groups is 2. The molecule has 1 saturated carbocycles. The Morgan fingerprint density at radius 2 is 1.83 bits per heavy atom. The summed E-state index contributed by atoms with van der Waals surface area (Å²) in [5, 5.41) is 11.9. The number of ether oxygens (including phenoxy) is 1. The maximum atomic E-state index is 12.0. The molecule has 0 radical (unpaired) electrons. The minimum Gasteiger partial charge on any atom is -0.481 e. The summed E-state index contributed by atoms with van der Waals surface area (Å²) in [6.07, 6.45) is 3.08. The van der Waals surface area contributed by atoms with Crippen LogP contribution in [-0.2, 0) is 14.3 Å². The highest BCUT2D eigenvalue weighted by atomic mass is 16.5. The number of carboxylic acids is 1. The minimum atomic E-state index is -0.860. The Morgan fingerprint density at radius 1 is 1.28 bits per heavy atom. The van der Waals surface area contributed by atoms with Crippen molar-refractivity contribution in [3.63, 3.8) is 0 Å². The van der Waals surface area contributed by atoms with Gasteiger partial charge in [-0.3, -0.25) is 9.59 Å². The van der Waals surface area contributed by atoms with Gasteiger partial charge >= 0.3 is 5.97 Å². The maximum absolute atomic E-state index is 12.0. The fraction of sp³-hybridized carbons (Fsp3) is 0.846. The number of amides is 1. The lowest BCUT2D eigenvalue weighted by molar-refractivity contribution is -0.149. The second kappa shape index (κ2) is 6.18. The number of rotatable bonds is 5. The number of methoxy groups -OCH3 is 1. The summed E-state index contributed by atoms with van der Waals surface area (Å²) in [6.45, 7) is 4.15. The molecule has 104 valence electrons. The molecule has 0 saturated heterocycles. The Kier molecular flexibility index (Phi) is 5.14. The molecule has 0 bridgehead atoms. The first-order valence-electron chi connectivity index (χ1n) is 6.43. The van der Waals surface area contributed by atoms with Crippen molar-refractivity contribution in [3.05, 3.63) is 0 Å². The van der Waals surface area contributed by atoms with Crippen LogP contribution in [0.1, 0.15) is 39.5 Å². The van der Waals surface area contributed by atoms with E-state index < -0.39 is 23.4 Å². The molecule has 1 fully saturated rings. The molecule has 0 aromatic rings. The summed E-state index contributed by atoms with van der Waals surface area (Å²) >= 11 is 0. The molecule has 2 atom stereocenters. The molecule has 0 aromatic heterocycles. The molecular formula is C13H23NO4. The number of hydrogen-bond donors (Lipinski definition) is 2. The van der Waals surface area contributed by atoms with Crippen LogP contribution in [0, 0.1) is 11.8 Å². The fourth-order valence-corrected chi connectivity index (χ4v) is 2.24. The number of carbonyl (C=O) groups excluding carboxylic acids is 1. The van der Waals surface area contributed by atoms with E-state index in [0.717, 1.165) is 12.8 Å². The molecule has 0 aromatic carbocycles. The van der Waals surface area contributed by atoms with Gasteiger partial charge in [-0.25, -0.2) is 0 Å². The molecule has 0 heterocycles. The third-order valence-electron chi connectivity index (χ3n) is 3.66. The second-order valence-electron chi connectivity index (χ2n) is 5.52. The van der Waals surface area contributed by atoms with Crippen LogP contribution < -0.4 is 5.32 Å². The van der Waals surface area contributed by atoms with Crippen molar-refractivity contribution in [2.45, 2.75) is 45.1 Å². The standard InChI is InChI=1S/C13H23NO4/c1-13(2,18-3)8-14-11(15)9-6-4-5-7-10(9)12(16)17/h9-10H,4-8H2,1-3H3,(H,14,15)(H,16,17). The minimum absolute atomic E-state index is 0.160. The SMILES string of the molecule is COC(C)(C)CNC(=O)C1CCCCC1C(=O)O. The smallest absolute Gasteiger partial charge is 0.307 e. The van der Waals surface area contributed by atoms with Gasteiger partial charge in [0, 0.05) is 13.7 Å². The van der Waals surface area contributed by atoms with Crippen LogP contribution in [0.4, 0.5) is 0 Å². The van der Waals surface area contributed by atoms with E-state index in [4.69, 9.17) is 9.84 Å². The Hall–Kier alpha value is -1.10. The molecule has 0 aliphatic heterocycles. The Bertz CT molecular complexity index is 314. The van der Waals surface area contributed by atoms with Gasteiger partial charge in [-0.2, -0.15) is 0 Å². The third kappa shape index (κ3) is 3.98. The van der Waals surface area contributed by atoms with Gasteiger partial charge in [0.1, 0.15) is 0 Å². The molecule has 0 spiro atoms. The highest BCUT2D eigenvalue weighted by Gasteiger charge is 2.36. The number of aliphatic carboxylic acids is 1. The lowest BCUT2D eigenvalue weighted by Crippen LogP contribution is -2.45. The summed E-state index contributed by atoms with van der Waals surface area (Å²) in [7, 11) is 1.59. The first kappa shape index (κ1) is 15.0. The second-order valence-corrected chi connectivity index (χ2v) is 5.52. The number of hydrogen-bond acceptors (Lipinski definition) is 3. The van der Waals surface area contributed by atoms with Crippen molar-refractivity contribution >= 4 is 11.9 Å². The number of nitrogens with one attached hydrogen (secondary N) is 1. The maximum Gasteiger partial charge on any atom is 0.307 e. The van der Waals surface area contributed by atoms with Crippen molar-refractivity contribution in [3.8, 4) is 0 Å². The van der Waals surface area contributed by atoms with Crippen LogP contribution in [0.5, 0.6) is 0 Å². The van der Waals surface area contributed by atoms with Gasteiger partial charge in [-0.1, -0.05) is 12.8 Å². The van der Waals surface area contributed by atoms with E-state index in [2.05, 4.69) is 5.32 Å². The summed E-state index contributed by atoms with van der Waals surface area (Å²) in [6, 6.07) is 0. The average molecular weight is 257 g/mol. The average Bonchev–Trinajstić information content (AvgIpc) is 2.36. The van der Waals surface area contributed by atoms with E-state index in [-0.39, 0.29) is 5.91 Å². The van der Waals surface area contributed by atoms with E-state index in [0.29, 0.717) is 19.4 Å². The van der Waals surface area contributed by atoms with Gasteiger partial charge in [0.15, 0.2) is 0 Å². The Balaban J connectivity index is 2.56. The molecule has 1 rings (SSSR count). The highest BCUT2D eigenvalue weighted by Crippen LogP contribution is 2.30. The first-order chi connectivity index (χ1) is 8.37. The van der Waals surface area contributed by atoms with E-state index in [9.17, 15) is 9.59 Å². The molecule has 5 nitrogen and oxygen atoms in total. The predicted molar refractivity (Wildman–Crippen MR) is 67.2 cm³/mol. The molecule has 1 aliphatic rings. The van der Waals surface area contributed by atoms with E-state index in [1.807, 2.05) is 13.8 Å². The van der Waals surface area contributed by atoms with Crippen LogP contribution in [0.3, 0.4) is 0 Å². The lowest BCUT2D eigenvalue weighted by Gasteiger charge is -2.29. The summed E-state index contributed by atoms with van der Waals surface area (Å²) in [5.41, 5.74) is -0.428. The Labute approximate surface area is 108 Å². The summed E-state index contributed by atoms with van der Waals surface area (Å²) < 4.78 is 5.22. The van der Waals surface area contributed by atoms with Crippen LogP contribution in [0.2, 0.25) is 0 Å². The van der Waals surface area contributed by atoms with Crippen molar-refractivity contribution in [1.29, 1.82) is 0 Å². The molecule has 1 aliphatic carbocycles. The Morgan fingerprint density at radius 3 is 2.33 bits per heavy atom. The summed E-state index contributed by atoms with van der Waals surface area (Å²) in [4.78, 5) is 23.2. The van der Waals surface area contributed by atoms with Crippen LogP contribution in [-0.4, -0.2) is 36.2 Å². The van der Waals surface area contributed by atoms with Crippen molar-refractivity contribution in [1.82, 2.24) is 5.32 Å². The molecule has 2 N–H and O–H groups in total. The topological polar surface area (TPSA) is 75.6 Å². The van der Waals surface area contributed by atoms with Gasteiger partial charge in [0.25, 0.3) is 0 Å². The molecular weight excluding hydrogens is 234 g/mol. The van der Waals surface area contributed by atoms with Crippen LogP contribution >= 0.6 is 0 Å². The predicted octanol–water partition coefficient (Wildman–Crippen LogP) is 1.42.